The van der Waals surface area contributed by atoms with Crippen LogP contribution in [0.15, 0.2) is 0 Å². The van der Waals surface area contributed by atoms with Crippen molar-refractivity contribution in [2.24, 2.45) is 0 Å². The summed E-state index contributed by atoms with van der Waals surface area (Å²) in [7, 11) is 3.87. The van der Waals surface area contributed by atoms with Gasteiger partial charge in [-0.3, -0.25) is 0 Å². The molecule has 0 aromatic rings. The normalized spacial score (nSPS) is 12.5. The topological polar surface area (TPSA) is 23.5 Å². The number of aliphatic hydroxyl groups excluding tert-OH is 1. The van der Waals surface area contributed by atoms with Crippen molar-refractivity contribution in [3.05, 3.63) is 0 Å². The standard InChI is InChI=1S/C8H15NO/c1-4-5-6-8(10)7-9(2)3/h8,10H,6-7H2,1-3H3. The van der Waals surface area contributed by atoms with Crippen LogP contribution in [-0.2, 0) is 0 Å². The highest BCUT2D eigenvalue weighted by atomic mass is 16.3. The largest absolute Gasteiger partial charge is 0.391 e. The fourth-order valence-electron chi connectivity index (χ4n) is 0.706. The highest BCUT2D eigenvalue weighted by molar-refractivity contribution is 4.96. The molecule has 0 saturated carbocycles. The van der Waals surface area contributed by atoms with Gasteiger partial charge in [-0.15, -0.1) is 11.8 Å². The first-order chi connectivity index (χ1) is 4.66. The Kier molecular flexibility index (Phi) is 5.00. The van der Waals surface area contributed by atoms with E-state index in [1.807, 2.05) is 19.0 Å². The minimum Gasteiger partial charge on any atom is -0.391 e. The smallest absolute Gasteiger partial charge is 0.0775 e. The summed E-state index contributed by atoms with van der Waals surface area (Å²) in [5.41, 5.74) is 0. The summed E-state index contributed by atoms with van der Waals surface area (Å²) in [4.78, 5) is 1.95. The molecule has 0 spiro atoms. The highest BCUT2D eigenvalue weighted by Crippen LogP contribution is 1.90. The van der Waals surface area contributed by atoms with Crippen LogP contribution < -0.4 is 0 Å². The molecule has 0 amide bonds. The molecule has 0 aromatic carbocycles. The predicted molar refractivity (Wildman–Crippen MR) is 42.6 cm³/mol. The van der Waals surface area contributed by atoms with Crippen LogP contribution in [-0.4, -0.2) is 36.8 Å². The molecule has 58 valence electrons. The van der Waals surface area contributed by atoms with E-state index < -0.39 is 0 Å². The molecule has 10 heavy (non-hydrogen) atoms. The second-order valence-electron chi connectivity index (χ2n) is 2.55. The molecule has 2 heteroatoms. The van der Waals surface area contributed by atoms with Gasteiger partial charge in [0.1, 0.15) is 0 Å². The Hall–Kier alpha value is -0.520. The van der Waals surface area contributed by atoms with Gasteiger partial charge in [-0.05, 0) is 21.0 Å². The monoisotopic (exact) mass is 141 g/mol. The van der Waals surface area contributed by atoms with Crippen LogP contribution in [0.2, 0.25) is 0 Å². The summed E-state index contributed by atoms with van der Waals surface area (Å²) in [5, 5.41) is 9.21. The molecule has 0 rings (SSSR count). The van der Waals surface area contributed by atoms with Crippen LogP contribution in [0, 0.1) is 11.8 Å². The Morgan fingerprint density at radius 2 is 2.10 bits per heavy atom. The van der Waals surface area contributed by atoms with Crippen LogP contribution in [0.4, 0.5) is 0 Å². The average Bonchev–Trinajstić information content (AvgIpc) is 1.82. The molecule has 0 radical (unpaired) electrons. The summed E-state index contributed by atoms with van der Waals surface area (Å²) in [6, 6.07) is 0. The SMILES string of the molecule is CC#CCC(O)CN(C)C. The molecule has 0 aliphatic carbocycles. The summed E-state index contributed by atoms with van der Waals surface area (Å²) >= 11 is 0. The van der Waals surface area contributed by atoms with Crippen LogP contribution in [0.3, 0.4) is 0 Å². The van der Waals surface area contributed by atoms with Crippen molar-refractivity contribution in [2.75, 3.05) is 20.6 Å². The molecule has 0 aliphatic rings. The molecule has 1 unspecified atom stereocenters. The molecule has 0 heterocycles. The zero-order valence-electron chi connectivity index (χ0n) is 6.89. The molecule has 2 nitrogen and oxygen atoms in total. The van der Waals surface area contributed by atoms with Crippen LogP contribution in [0.5, 0.6) is 0 Å². The van der Waals surface area contributed by atoms with Gasteiger partial charge in [0.2, 0.25) is 0 Å². The Morgan fingerprint density at radius 1 is 1.50 bits per heavy atom. The molecule has 0 aliphatic heterocycles. The number of aliphatic hydroxyl groups is 1. The number of rotatable bonds is 3. The van der Waals surface area contributed by atoms with Crippen molar-refractivity contribution in [3.8, 4) is 11.8 Å². The minimum absolute atomic E-state index is 0.303. The van der Waals surface area contributed by atoms with E-state index in [2.05, 4.69) is 11.8 Å². The van der Waals surface area contributed by atoms with Crippen molar-refractivity contribution in [3.63, 3.8) is 0 Å². The van der Waals surface area contributed by atoms with Crippen molar-refractivity contribution in [2.45, 2.75) is 19.4 Å². The van der Waals surface area contributed by atoms with Gasteiger partial charge in [0.05, 0.1) is 6.10 Å². The van der Waals surface area contributed by atoms with Gasteiger partial charge in [-0.1, -0.05) is 0 Å². The third kappa shape index (κ3) is 5.61. The highest BCUT2D eigenvalue weighted by Gasteiger charge is 2.01. The van der Waals surface area contributed by atoms with E-state index in [0.29, 0.717) is 13.0 Å². The Morgan fingerprint density at radius 3 is 2.50 bits per heavy atom. The lowest BCUT2D eigenvalue weighted by atomic mass is 10.2. The molecule has 0 fully saturated rings. The van der Waals surface area contributed by atoms with E-state index in [9.17, 15) is 5.11 Å². The second-order valence-corrected chi connectivity index (χ2v) is 2.55. The Bertz CT molecular complexity index is 132. The fourth-order valence-corrected chi connectivity index (χ4v) is 0.706. The van der Waals surface area contributed by atoms with Gasteiger partial charge in [0, 0.05) is 13.0 Å². The van der Waals surface area contributed by atoms with E-state index in [1.54, 1.807) is 6.92 Å². The third-order valence-electron chi connectivity index (χ3n) is 1.09. The van der Waals surface area contributed by atoms with Gasteiger partial charge in [-0.2, -0.15) is 0 Å². The van der Waals surface area contributed by atoms with E-state index in [1.165, 1.54) is 0 Å². The summed E-state index contributed by atoms with van der Waals surface area (Å²) in [5.74, 6) is 5.57. The predicted octanol–water partition coefficient (Wildman–Crippen LogP) is 0.322. The number of hydrogen-bond acceptors (Lipinski definition) is 2. The zero-order chi connectivity index (χ0) is 7.98. The van der Waals surface area contributed by atoms with E-state index >= 15 is 0 Å². The molecular formula is C8H15NO. The zero-order valence-corrected chi connectivity index (χ0v) is 6.89. The molecule has 0 saturated heterocycles. The molecule has 0 aromatic heterocycles. The van der Waals surface area contributed by atoms with Crippen molar-refractivity contribution in [1.82, 2.24) is 4.90 Å². The number of hydrogen-bond donors (Lipinski definition) is 1. The maximum atomic E-state index is 9.21. The quantitative estimate of drug-likeness (QED) is 0.572. The van der Waals surface area contributed by atoms with E-state index in [-0.39, 0.29) is 6.10 Å². The van der Waals surface area contributed by atoms with Crippen LogP contribution in [0.25, 0.3) is 0 Å². The van der Waals surface area contributed by atoms with Crippen molar-refractivity contribution < 1.29 is 5.11 Å². The third-order valence-corrected chi connectivity index (χ3v) is 1.09. The number of nitrogens with zero attached hydrogens (tertiary/aromatic N) is 1. The maximum absolute atomic E-state index is 9.21. The first-order valence-electron chi connectivity index (χ1n) is 3.39. The molecular weight excluding hydrogens is 126 g/mol. The lowest BCUT2D eigenvalue weighted by Crippen LogP contribution is -2.25. The summed E-state index contributed by atoms with van der Waals surface area (Å²) in [6.07, 6.45) is 0.275. The summed E-state index contributed by atoms with van der Waals surface area (Å²) in [6.45, 7) is 2.47. The summed E-state index contributed by atoms with van der Waals surface area (Å²) < 4.78 is 0. The van der Waals surface area contributed by atoms with Gasteiger partial charge < -0.3 is 10.0 Å². The Balaban J connectivity index is 3.40. The average molecular weight is 141 g/mol. The van der Waals surface area contributed by atoms with Crippen LogP contribution >= 0.6 is 0 Å². The lowest BCUT2D eigenvalue weighted by molar-refractivity contribution is 0.141. The first kappa shape index (κ1) is 9.48. The number of likely N-dealkylation sites (N-methyl/N-ethyl adjacent to an activating group) is 1. The van der Waals surface area contributed by atoms with Gasteiger partial charge in [0.25, 0.3) is 0 Å². The minimum atomic E-state index is -0.303. The van der Waals surface area contributed by atoms with E-state index in [4.69, 9.17) is 0 Å². The first-order valence-corrected chi connectivity index (χ1v) is 3.39. The molecule has 0 bridgehead atoms. The van der Waals surface area contributed by atoms with Crippen molar-refractivity contribution in [1.29, 1.82) is 0 Å². The van der Waals surface area contributed by atoms with Gasteiger partial charge in [-0.25, -0.2) is 0 Å². The van der Waals surface area contributed by atoms with Crippen LogP contribution in [0.1, 0.15) is 13.3 Å². The Labute approximate surface area is 62.8 Å². The van der Waals surface area contributed by atoms with Crippen molar-refractivity contribution >= 4 is 0 Å². The molecule has 1 atom stereocenters. The lowest BCUT2D eigenvalue weighted by Gasteiger charge is -2.12. The fraction of sp³-hybridized carbons (Fsp3) is 0.750. The maximum Gasteiger partial charge on any atom is 0.0775 e. The van der Waals surface area contributed by atoms with E-state index in [0.717, 1.165) is 0 Å². The molecule has 1 N–H and O–H groups in total. The van der Waals surface area contributed by atoms with Gasteiger partial charge in [0.15, 0.2) is 0 Å². The second kappa shape index (κ2) is 5.28. The van der Waals surface area contributed by atoms with Gasteiger partial charge >= 0.3 is 0 Å².